The number of aromatic nitrogens is 4. The van der Waals surface area contributed by atoms with Crippen LogP contribution in [0.2, 0.25) is 0 Å². The molecule has 0 aliphatic carbocycles. The van der Waals surface area contributed by atoms with Crippen molar-refractivity contribution in [2.45, 2.75) is 25.7 Å². The molecule has 3 aromatic rings. The van der Waals surface area contributed by atoms with Gasteiger partial charge in [0.25, 0.3) is 0 Å². The van der Waals surface area contributed by atoms with Gasteiger partial charge >= 0.3 is 0 Å². The topological polar surface area (TPSA) is 72.7 Å². The minimum Gasteiger partial charge on any atom is -0.326 e. The number of tetrazole rings is 1. The van der Waals surface area contributed by atoms with Gasteiger partial charge in [0.1, 0.15) is 0 Å². The Balaban J connectivity index is 1.81. The minimum atomic E-state index is -0.161. The highest BCUT2D eigenvalue weighted by Crippen LogP contribution is 2.25. The van der Waals surface area contributed by atoms with Crippen molar-refractivity contribution >= 4 is 11.6 Å². The van der Waals surface area contributed by atoms with Crippen molar-refractivity contribution in [1.29, 1.82) is 0 Å². The summed E-state index contributed by atoms with van der Waals surface area (Å²) in [4.78, 5) is 12.8. The van der Waals surface area contributed by atoms with Crippen LogP contribution >= 0.6 is 0 Å². The summed E-state index contributed by atoms with van der Waals surface area (Å²) < 4.78 is 1.60. The number of rotatable bonds is 6. The number of benzene rings is 2. The van der Waals surface area contributed by atoms with Crippen molar-refractivity contribution in [3.05, 3.63) is 60.2 Å². The molecule has 0 saturated carbocycles. The van der Waals surface area contributed by atoms with Gasteiger partial charge in [-0.2, -0.15) is 0 Å². The standard InChI is InChI=1S/C19H21N5O/c1-3-8-17(14-9-5-4-6-10-14)19(25)20-16-12-7-11-15(13-16)18-21-22-23-24(18)2/h4-7,9-13,17H,3,8H2,1-2H3,(H,20,25). The van der Waals surface area contributed by atoms with Gasteiger partial charge in [-0.25, -0.2) is 4.68 Å². The summed E-state index contributed by atoms with van der Waals surface area (Å²) in [6.45, 7) is 2.09. The molecule has 0 aliphatic rings. The van der Waals surface area contributed by atoms with Crippen LogP contribution in [0.5, 0.6) is 0 Å². The van der Waals surface area contributed by atoms with Crippen LogP contribution in [-0.2, 0) is 11.8 Å². The highest BCUT2D eigenvalue weighted by molar-refractivity contribution is 5.96. The third kappa shape index (κ3) is 3.91. The molecule has 128 valence electrons. The van der Waals surface area contributed by atoms with Gasteiger partial charge in [-0.3, -0.25) is 4.79 Å². The van der Waals surface area contributed by atoms with E-state index in [1.165, 1.54) is 0 Å². The first-order chi connectivity index (χ1) is 12.2. The smallest absolute Gasteiger partial charge is 0.231 e. The van der Waals surface area contributed by atoms with E-state index >= 15 is 0 Å². The number of nitrogens with one attached hydrogen (secondary N) is 1. The number of nitrogens with zero attached hydrogens (tertiary/aromatic N) is 4. The molecule has 0 bridgehead atoms. The lowest BCUT2D eigenvalue weighted by Gasteiger charge is -2.17. The Kier molecular flexibility index (Phi) is 5.18. The van der Waals surface area contributed by atoms with Crippen molar-refractivity contribution in [2.75, 3.05) is 5.32 Å². The van der Waals surface area contributed by atoms with E-state index in [1.54, 1.807) is 11.7 Å². The Labute approximate surface area is 146 Å². The number of hydrogen-bond acceptors (Lipinski definition) is 4. The fourth-order valence-corrected chi connectivity index (χ4v) is 2.86. The molecule has 1 aromatic heterocycles. The first kappa shape index (κ1) is 16.8. The van der Waals surface area contributed by atoms with Gasteiger partial charge in [0.05, 0.1) is 5.92 Å². The van der Waals surface area contributed by atoms with Crippen LogP contribution in [0, 0.1) is 0 Å². The van der Waals surface area contributed by atoms with Gasteiger partial charge in [-0.1, -0.05) is 55.8 Å². The highest BCUT2D eigenvalue weighted by Gasteiger charge is 2.20. The molecule has 2 aromatic carbocycles. The Hall–Kier alpha value is -3.02. The van der Waals surface area contributed by atoms with E-state index in [4.69, 9.17) is 0 Å². The zero-order chi connectivity index (χ0) is 17.6. The molecule has 1 heterocycles. The van der Waals surface area contributed by atoms with E-state index in [2.05, 4.69) is 27.8 Å². The summed E-state index contributed by atoms with van der Waals surface area (Å²) in [7, 11) is 1.78. The van der Waals surface area contributed by atoms with Gasteiger partial charge in [0.2, 0.25) is 5.91 Å². The number of hydrogen-bond donors (Lipinski definition) is 1. The van der Waals surface area contributed by atoms with E-state index in [-0.39, 0.29) is 11.8 Å². The van der Waals surface area contributed by atoms with Crippen LogP contribution in [0.4, 0.5) is 5.69 Å². The molecule has 1 N–H and O–H groups in total. The van der Waals surface area contributed by atoms with Gasteiger partial charge in [0, 0.05) is 18.3 Å². The van der Waals surface area contributed by atoms with Crippen LogP contribution in [0.3, 0.4) is 0 Å². The predicted octanol–water partition coefficient (Wildman–Crippen LogP) is 3.40. The maximum Gasteiger partial charge on any atom is 0.231 e. The molecule has 6 heteroatoms. The lowest BCUT2D eigenvalue weighted by molar-refractivity contribution is -0.117. The number of carbonyl (C=O) groups excluding carboxylic acids is 1. The van der Waals surface area contributed by atoms with Gasteiger partial charge in [0.15, 0.2) is 5.82 Å². The molecule has 6 nitrogen and oxygen atoms in total. The maximum atomic E-state index is 12.8. The van der Waals surface area contributed by atoms with Crippen molar-refractivity contribution in [3.8, 4) is 11.4 Å². The van der Waals surface area contributed by atoms with Crippen LogP contribution in [0.1, 0.15) is 31.2 Å². The largest absolute Gasteiger partial charge is 0.326 e. The first-order valence-electron chi connectivity index (χ1n) is 8.37. The monoisotopic (exact) mass is 335 g/mol. The summed E-state index contributed by atoms with van der Waals surface area (Å²) in [5.74, 6) is 0.497. The molecule has 0 saturated heterocycles. The van der Waals surface area contributed by atoms with Crippen LogP contribution in [0.15, 0.2) is 54.6 Å². The van der Waals surface area contributed by atoms with Crippen molar-refractivity contribution < 1.29 is 4.79 Å². The predicted molar refractivity (Wildman–Crippen MR) is 97.0 cm³/mol. The molecule has 0 radical (unpaired) electrons. The molecule has 3 rings (SSSR count). The summed E-state index contributed by atoms with van der Waals surface area (Å²) in [5.41, 5.74) is 2.63. The fraction of sp³-hybridized carbons (Fsp3) is 0.263. The summed E-state index contributed by atoms with van der Waals surface area (Å²) in [6.07, 6.45) is 1.75. The third-order valence-corrected chi connectivity index (χ3v) is 4.10. The van der Waals surface area contributed by atoms with Crippen molar-refractivity contribution in [1.82, 2.24) is 20.2 Å². The molecule has 1 atom stereocenters. The van der Waals surface area contributed by atoms with Crippen molar-refractivity contribution in [3.63, 3.8) is 0 Å². The molecule has 0 spiro atoms. The third-order valence-electron chi connectivity index (χ3n) is 4.10. The fourth-order valence-electron chi connectivity index (χ4n) is 2.86. The Morgan fingerprint density at radius 3 is 2.64 bits per heavy atom. The summed E-state index contributed by atoms with van der Waals surface area (Å²) >= 11 is 0. The summed E-state index contributed by atoms with van der Waals surface area (Å²) in [6, 6.07) is 17.5. The van der Waals surface area contributed by atoms with E-state index in [1.807, 2.05) is 54.6 Å². The first-order valence-corrected chi connectivity index (χ1v) is 8.37. The second-order valence-electron chi connectivity index (χ2n) is 5.95. The normalized spacial score (nSPS) is 11.9. The quantitative estimate of drug-likeness (QED) is 0.749. The SMILES string of the molecule is CCCC(C(=O)Nc1cccc(-c2nnnn2C)c1)c1ccccc1. The Morgan fingerprint density at radius 2 is 1.96 bits per heavy atom. The van der Waals surface area contributed by atoms with E-state index < -0.39 is 0 Å². The lowest BCUT2D eigenvalue weighted by Crippen LogP contribution is -2.21. The average molecular weight is 335 g/mol. The highest BCUT2D eigenvalue weighted by atomic mass is 16.1. The molecular weight excluding hydrogens is 314 g/mol. The maximum absolute atomic E-state index is 12.8. The number of aryl methyl sites for hydroxylation is 1. The van der Waals surface area contributed by atoms with Crippen molar-refractivity contribution in [2.24, 2.45) is 7.05 Å². The van der Waals surface area contributed by atoms with E-state index in [0.717, 1.165) is 29.7 Å². The Bertz CT molecular complexity index is 844. The van der Waals surface area contributed by atoms with Crippen LogP contribution in [0.25, 0.3) is 11.4 Å². The molecule has 0 fully saturated rings. The number of amides is 1. The lowest BCUT2D eigenvalue weighted by atomic mass is 9.93. The molecule has 0 aliphatic heterocycles. The van der Waals surface area contributed by atoms with Gasteiger partial charge in [-0.15, -0.1) is 5.10 Å². The Morgan fingerprint density at radius 1 is 1.16 bits per heavy atom. The molecule has 25 heavy (non-hydrogen) atoms. The van der Waals surface area contributed by atoms with Gasteiger partial charge < -0.3 is 5.32 Å². The molecule has 1 amide bonds. The summed E-state index contributed by atoms with van der Waals surface area (Å²) in [5, 5.41) is 14.5. The minimum absolute atomic E-state index is 0.00119. The molecule has 1 unspecified atom stereocenters. The van der Waals surface area contributed by atoms with E-state index in [0.29, 0.717) is 5.82 Å². The van der Waals surface area contributed by atoms with Crippen LogP contribution < -0.4 is 5.32 Å². The van der Waals surface area contributed by atoms with E-state index in [9.17, 15) is 4.79 Å². The molecular formula is C19H21N5O. The van der Waals surface area contributed by atoms with Crippen LogP contribution in [-0.4, -0.2) is 26.1 Å². The second-order valence-corrected chi connectivity index (χ2v) is 5.95. The average Bonchev–Trinajstić information content (AvgIpc) is 3.06. The second kappa shape index (κ2) is 7.70. The number of carbonyl (C=O) groups is 1. The zero-order valence-electron chi connectivity index (χ0n) is 14.4. The zero-order valence-corrected chi connectivity index (χ0v) is 14.4. The van der Waals surface area contributed by atoms with Gasteiger partial charge in [-0.05, 0) is 34.5 Å². The number of anilines is 1.